The lowest BCUT2D eigenvalue weighted by atomic mass is 10.1. The molecule has 1 rings (SSSR count). The van der Waals surface area contributed by atoms with Crippen LogP contribution in [0.3, 0.4) is 0 Å². The molecule has 0 aromatic heterocycles. The number of nitro groups is 1. The summed E-state index contributed by atoms with van der Waals surface area (Å²) >= 11 is 0. The summed E-state index contributed by atoms with van der Waals surface area (Å²) in [7, 11) is 0. The normalized spacial score (nSPS) is 11.6. The molecule has 6 nitrogen and oxygen atoms in total. The maximum Gasteiger partial charge on any atom is 0.269 e. The van der Waals surface area contributed by atoms with E-state index in [0.717, 1.165) is 43.9 Å². The van der Waals surface area contributed by atoms with Crippen LogP contribution in [-0.2, 0) is 6.42 Å². The van der Waals surface area contributed by atoms with E-state index in [1.807, 2.05) is 12.1 Å². The van der Waals surface area contributed by atoms with Crippen LogP contribution in [0.5, 0.6) is 0 Å². The molecular weight excluding hydrogens is 419 g/mol. The Balaban J connectivity index is 0.00000529. The largest absolute Gasteiger partial charge is 0.357 e. The number of aryl methyl sites for hydroxylation is 1. The van der Waals surface area contributed by atoms with Crippen LogP contribution in [0.4, 0.5) is 5.69 Å². The first kappa shape index (κ1) is 22.6. The third-order valence-corrected chi connectivity index (χ3v) is 3.13. The number of benzene rings is 1. The molecule has 0 saturated carbocycles. The molecule has 1 aromatic carbocycles. The van der Waals surface area contributed by atoms with Crippen LogP contribution in [0.2, 0.25) is 0 Å². The summed E-state index contributed by atoms with van der Waals surface area (Å²) in [6.45, 7) is 9.97. The van der Waals surface area contributed by atoms with Crippen LogP contribution in [0, 0.1) is 10.1 Å². The lowest BCUT2D eigenvalue weighted by Gasteiger charge is -2.23. The quantitative estimate of drug-likeness (QED) is 0.166. The van der Waals surface area contributed by atoms with E-state index in [9.17, 15) is 10.1 Å². The predicted molar refractivity (Wildman–Crippen MR) is 110 cm³/mol. The van der Waals surface area contributed by atoms with Gasteiger partial charge in [0.05, 0.1) is 4.92 Å². The van der Waals surface area contributed by atoms with Gasteiger partial charge in [-0.3, -0.25) is 15.1 Å². The van der Waals surface area contributed by atoms with Gasteiger partial charge in [-0.25, -0.2) is 0 Å². The number of rotatable bonds is 7. The molecule has 0 bridgehead atoms. The van der Waals surface area contributed by atoms with Crippen molar-refractivity contribution in [2.24, 2.45) is 4.99 Å². The number of nitrogens with one attached hydrogen (secondary N) is 2. The second-order valence-corrected chi connectivity index (χ2v) is 6.52. The third-order valence-electron chi connectivity index (χ3n) is 3.13. The van der Waals surface area contributed by atoms with E-state index in [1.54, 1.807) is 12.1 Å². The van der Waals surface area contributed by atoms with Crippen LogP contribution in [0.1, 0.15) is 46.1 Å². The van der Waals surface area contributed by atoms with Crippen LogP contribution >= 0.6 is 24.0 Å². The summed E-state index contributed by atoms with van der Waals surface area (Å²) in [5, 5.41) is 17.2. The van der Waals surface area contributed by atoms with E-state index in [1.165, 1.54) is 0 Å². The smallest absolute Gasteiger partial charge is 0.269 e. The van der Waals surface area contributed by atoms with E-state index in [-0.39, 0.29) is 40.1 Å². The number of nitrogens with zero attached hydrogens (tertiary/aromatic N) is 2. The lowest BCUT2D eigenvalue weighted by molar-refractivity contribution is -0.384. The van der Waals surface area contributed by atoms with Crippen molar-refractivity contribution in [2.45, 2.75) is 52.5 Å². The van der Waals surface area contributed by atoms with Crippen molar-refractivity contribution in [3.63, 3.8) is 0 Å². The van der Waals surface area contributed by atoms with Gasteiger partial charge < -0.3 is 10.6 Å². The maximum absolute atomic E-state index is 10.6. The van der Waals surface area contributed by atoms with Crippen molar-refractivity contribution >= 4 is 35.6 Å². The molecule has 136 valence electrons. The second kappa shape index (κ2) is 11.2. The second-order valence-electron chi connectivity index (χ2n) is 6.52. The van der Waals surface area contributed by atoms with E-state index >= 15 is 0 Å². The number of guanidine groups is 1. The maximum atomic E-state index is 10.6. The Kier molecular flexibility index (Phi) is 10.6. The number of aliphatic imine (C=N–C) groups is 1. The predicted octanol–water partition coefficient (Wildman–Crippen LogP) is 3.89. The van der Waals surface area contributed by atoms with E-state index < -0.39 is 0 Å². The van der Waals surface area contributed by atoms with Crippen molar-refractivity contribution in [3.8, 4) is 0 Å². The molecule has 24 heavy (non-hydrogen) atoms. The Hall–Kier alpha value is -1.38. The Morgan fingerprint density at radius 1 is 1.21 bits per heavy atom. The zero-order valence-electron chi connectivity index (χ0n) is 15.0. The number of unbranched alkanes of at least 4 members (excludes halogenated alkanes) is 1. The topological polar surface area (TPSA) is 79.6 Å². The summed E-state index contributed by atoms with van der Waals surface area (Å²) in [5.74, 6) is 0.843. The molecule has 0 atom stereocenters. The highest BCUT2D eigenvalue weighted by Gasteiger charge is 2.11. The number of nitro benzene ring substituents is 1. The molecule has 0 unspecified atom stereocenters. The molecule has 0 saturated heterocycles. The summed E-state index contributed by atoms with van der Waals surface area (Å²) in [6, 6.07) is 6.77. The molecule has 7 heteroatoms. The Labute approximate surface area is 161 Å². The first-order chi connectivity index (χ1) is 10.8. The summed E-state index contributed by atoms with van der Waals surface area (Å²) in [5.41, 5.74) is 1.25. The number of halogens is 1. The van der Waals surface area contributed by atoms with Crippen molar-refractivity contribution in [3.05, 3.63) is 39.9 Å². The van der Waals surface area contributed by atoms with Gasteiger partial charge in [0.15, 0.2) is 5.96 Å². The lowest BCUT2D eigenvalue weighted by Crippen LogP contribution is -2.47. The van der Waals surface area contributed by atoms with Crippen LogP contribution < -0.4 is 10.6 Å². The van der Waals surface area contributed by atoms with Crippen molar-refractivity contribution in [1.29, 1.82) is 0 Å². The molecule has 0 spiro atoms. The average Bonchev–Trinajstić information content (AvgIpc) is 2.46. The number of non-ortho nitro benzene ring substituents is 1. The molecule has 0 heterocycles. The van der Waals surface area contributed by atoms with Gasteiger partial charge in [-0.15, -0.1) is 24.0 Å². The number of hydrogen-bond acceptors (Lipinski definition) is 3. The summed E-state index contributed by atoms with van der Waals surface area (Å²) in [4.78, 5) is 14.8. The van der Waals surface area contributed by atoms with Gasteiger partial charge in [-0.05, 0) is 52.5 Å². The third kappa shape index (κ3) is 9.69. The molecule has 0 amide bonds. The van der Waals surface area contributed by atoms with Gasteiger partial charge in [0.1, 0.15) is 0 Å². The SMILES string of the molecule is CCNC(=NCCCCc1ccc([N+](=O)[O-])cc1)NC(C)(C)C.I. The zero-order chi connectivity index (χ0) is 17.3. The fraction of sp³-hybridized carbons (Fsp3) is 0.588. The summed E-state index contributed by atoms with van der Waals surface area (Å²) < 4.78 is 0. The highest BCUT2D eigenvalue weighted by molar-refractivity contribution is 14.0. The Bertz CT molecular complexity index is 524. The fourth-order valence-corrected chi connectivity index (χ4v) is 2.08. The molecule has 0 aliphatic heterocycles. The van der Waals surface area contributed by atoms with Gasteiger partial charge >= 0.3 is 0 Å². The fourth-order valence-electron chi connectivity index (χ4n) is 2.08. The van der Waals surface area contributed by atoms with Gasteiger partial charge in [0.25, 0.3) is 5.69 Å². The van der Waals surface area contributed by atoms with E-state index in [2.05, 4.69) is 43.3 Å². The molecule has 0 aliphatic carbocycles. The highest BCUT2D eigenvalue weighted by atomic mass is 127. The minimum absolute atomic E-state index is 0. The van der Waals surface area contributed by atoms with Crippen LogP contribution in [0.15, 0.2) is 29.3 Å². The Morgan fingerprint density at radius 3 is 2.33 bits per heavy atom. The summed E-state index contributed by atoms with van der Waals surface area (Å²) in [6.07, 6.45) is 2.91. The first-order valence-corrected chi connectivity index (χ1v) is 8.11. The Morgan fingerprint density at radius 2 is 1.83 bits per heavy atom. The molecule has 0 radical (unpaired) electrons. The van der Waals surface area contributed by atoms with Gasteiger partial charge in [-0.2, -0.15) is 0 Å². The molecule has 2 N–H and O–H groups in total. The van der Waals surface area contributed by atoms with Crippen LogP contribution in [-0.4, -0.2) is 29.5 Å². The van der Waals surface area contributed by atoms with E-state index in [0.29, 0.717) is 0 Å². The molecule has 0 aliphatic rings. The van der Waals surface area contributed by atoms with Crippen molar-refractivity contribution in [2.75, 3.05) is 13.1 Å². The van der Waals surface area contributed by atoms with Crippen molar-refractivity contribution in [1.82, 2.24) is 10.6 Å². The monoisotopic (exact) mass is 448 g/mol. The minimum Gasteiger partial charge on any atom is -0.357 e. The van der Waals surface area contributed by atoms with Gasteiger partial charge in [-0.1, -0.05) is 12.1 Å². The highest BCUT2D eigenvalue weighted by Crippen LogP contribution is 2.13. The first-order valence-electron chi connectivity index (χ1n) is 8.11. The van der Waals surface area contributed by atoms with Gasteiger partial charge in [0, 0.05) is 30.8 Å². The van der Waals surface area contributed by atoms with Gasteiger partial charge in [0.2, 0.25) is 0 Å². The number of hydrogen-bond donors (Lipinski definition) is 2. The molecular formula is C17H29IN4O2. The standard InChI is InChI=1S/C17H28N4O2.HI/c1-5-18-16(20-17(2,3)4)19-13-7-6-8-14-9-11-15(12-10-14)21(22)23;/h9-12H,5-8,13H2,1-4H3,(H2,18,19,20);1H. The van der Waals surface area contributed by atoms with E-state index in [4.69, 9.17) is 0 Å². The molecule has 1 aromatic rings. The zero-order valence-corrected chi connectivity index (χ0v) is 17.3. The average molecular weight is 448 g/mol. The van der Waals surface area contributed by atoms with Crippen molar-refractivity contribution < 1.29 is 4.92 Å². The van der Waals surface area contributed by atoms with Crippen LogP contribution in [0.25, 0.3) is 0 Å². The minimum atomic E-state index is -0.372. The molecule has 0 fully saturated rings.